The van der Waals surface area contributed by atoms with Gasteiger partial charge in [0.15, 0.2) is 0 Å². The number of nitrogens with one attached hydrogen (secondary N) is 2. The molecule has 4 heteroatoms. The Labute approximate surface area is 120 Å². The largest absolute Gasteiger partial charge is 0.383 e. The van der Waals surface area contributed by atoms with Crippen LogP contribution in [0, 0.1) is 13.8 Å². The predicted octanol–water partition coefficient (Wildman–Crippen LogP) is 2.35. The number of hydrogen-bond donors (Lipinski definition) is 2. The van der Waals surface area contributed by atoms with Crippen molar-refractivity contribution in [2.45, 2.75) is 26.8 Å². The van der Waals surface area contributed by atoms with Gasteiger partial charge in [0.25, 0.3) is 0 Å². The maximum atomic E-state index is 5.00. The fourth-order valence-electron chi connectivity index (χ4n) is 2.35. The van der Waals surface area contributed by atoms with E-state index in [1.54, 1.807) is 7.11 Å². The summed E-state index contributed by atoms with van der Waals surface area (Å²) in [7, 11) is 1.71. The molecule has 0 atom stereocenters. The van der Waals surface area contributed by atoms with Crippen molar-refractivity contribution >= 4 is 0 Å². The van der Waals surface area contributed by atoms with Crippen LogP contribution in [-0.4, -0.2) is 30.2 Å². The predicted molar refractivity (Wildman–Crippen MR) is 80.9 cm³/mol. The van der Waals surface area contributed by atoms with E-state index in [0.29, 0.717) is 0 Å². The van der Waals surface area contributed by atoms with Gasteiger partial charge in [0.1, 0.15) is 5.82 Å². The number of imidazole rings is 1. The standard InChI is InChI=1S/C16H23N3O/c1-12-6-13(2)8-14(7-12)9-16-18-11-15(19-16)10-17-4-5-20-3/h6-8,11,17H,4-5,9-10H2,1-3H3,(H,18,19). The summed E-state index contributed by atoms with van der Waals surface area (Å²) in [5.74, 6) is 1.01. The topological polar surface area (TPSA) is 49.9 Å². The van der Waals surface area contributed by atoms with Gasteiger partial charge in [0, 0.05) is 38.5 Å². The number of ether oxygens (including phenoxy) is 1. The highest BCUT2D eigenvalue weighted by molar-refractivity contribution is 5.30. The van der Waals surface area contributed by atoms with Crippen molar-refractivity contribution in [2.24, 2.45) is 0 Å². The highest BCUT2D eigenvalue weighted by Gasteiger charge is 2.03. The summed E-state index contributed by atoms with van der Waals surface area (Å²) in [5, 5.41) is 3.30. The molecule has 0 fully saturated rings. The molecule has 108 valence electrons. The molecule has 0 bridgehead atoms. The first-order valence-corrected chi connectivity index (χ1v) is 6.97. The number of aromatic nitrogens is 2. The Hall–Kier alpha value is -1.65. The zero-order valence-electron chi connectivity index (χ0n) is 12.5. The number of methoxy groups -OCH3 is 1. The van der Waals surface area contributed by atoms with E-state index >= 15 is 0 Å². The second-order valence-corrected chi connectivity index (χ2v) is 5.20. The molecule has 2 aromatic rings. The Balaban J connectivity index is 1.92. The molecule has 1 aromatic carbocycles. The van der Waals surface area contributed by atoms with E-state index < -0.39 is 0 Å². The molecule has 4 nitrogen and oxygen atoms in total. The van der Waals surface area contributed by atoms with Gasteiger partial charge in [-0.2, -0.15) is 0 Å². The molecular weight excluding hydrogens is 250 g/mol. The lowest BCUT2D eigenvalue weighted by Gasteiger charge is -2.03. The average Bonchev–Trinajstić information content (AvgIpc) is 2.81. The lowest BCUT2D eigenvalue weighted by molar-refractivity contribution is 0.199. The van der Waals surface area contributed by atoms with Crippen molar-refractivity contribution in [1.29, 1.82) is 0 Å². The van der Waals surface area contributed by atoms with Gasteiger partial charge >= 0.3 is 0 Å². The lowest BCUT2D eigenvalue weighted by Crippen LogP contribution is -2.18. The second kappa shape index (κ2) is 7.22. The van der Waals surface area contributed by atoms with E-state index in [4.69, 9.17) is 4.74 Å². The Bertz CT molecular complexity index is 528. The van der Waals surface area contributed by atoms with Crippen LogP contribution in [0.5, 0.6) is 0 Å². The van der Waals surface area contributed by atoms with Crippen LogP contribution in [0.1, 0.15) is 28.2 Å². The normalized spacial score (nSPS) is 10.9. The van der Waals surface area contributed by atoms with Crippen LogP contribution in [0.2, 0.25) is 0 Å². The van der Waals surface area contributed by atoms with Gasteiger partial charge < -0.3 is 15.0 Å². The third-order valence-corrected chi connectivity index (χ3v) is 3.13. The third-order valence-electron chi connectivity index (χ3n) is 3.13. The van der Waals surface area contributed by atoms with Gasteiger partial charge in [-0.05, 0) is 19.4 Å². The highest BCUT2D eigenvalue weighted by atomic mass is 16.5. The molecule has 0 saturated carbocycles. The number of aryl methyl sites for hydroxylation is 2. The van der Waals surface area contributed by atoms with E-state index in [0.717, 1.165) is 37.6 Å². The highest BCUT2D eigenvalue weighted by Crippen LogP contribution is 2.12. The minimum atomic E-state index is 0.726. The summed E-state index contributed by atoms with van der Waals surface area (Å²) < 4.78 is 5.00. The maximum absolute atomic E-state index is 5.00. The van der Waals surface area contributed by atoms with Crippen LogP contribution < -0.4 is 5.32 Å². The molecular formula is C16H23N3O. The summed E-state index contributed by atoms with van der Waals surface area (Å²) in [4.78, 5) is 7.81. The fraction of sp³-hybridized carbons (Fsp3) is 0.438. The van der Waals surface area contributed by atoms with E-state index in [-0.39, 0.29) is 0 Å². The van der Waals surface area contributed by atoms with Crippen LogP contribution in [0.4, 0.5) is 0 Å². The number of aromatic amines is 1. The third kappa shape index (κ3) is 4.47. The first kappa shape index (κ1) is 14.8. The molecule has 2 N–H and O–H groups in total. The maximum Gasteiger partial charge on any atom is 0.110 e. The van der Waals surface area contributed by atoms with Crippen molar-refractivity contribution in [3.8, 4) is 0 Å². The van der Waals surface area contributed by atoms with Gasteiger partial charge in [0.05, 0.1) is 6.61 Å². The van der Waals surface area contributed by atoms with Crippen molar-refractivity contribution in [2.75, 3.05) is 20.3 Å². The lowest BCUT2D eigenvalue weighted by atomic mass is 10.1. The molecule has 2 rings (SSSR count). The van der Waals surface area contributed by atoms with Crippen LogP contribution in [0.25, 0.3) is 0 Å². The molecule has 0 radical (unpaired) electrons. The number of rotatable bonds is 7. The number of nitrogens with zero attached hydrogens (tertiary/aromatic N) is 1. The molecule has 0 spiro atoms. The first-order valence-electron chi connectivity index (χ1n) is 6.97. The van der Waals surface area contributed by atoms with Crippen molar-refractivity contribution in [3.05, 3.63) is 52.6 Å². The summed E-state index contributed by atoms with van der Waals surface area (Å²) in [6.45, 7) is 6.63. The molecule has 0 saturated heterocycles. The summed E-state index contributed by atoms with van der Waals surface area (Å²) in [5.41, 5.74) is 5.01. The zero-order valence-corrected chi connectivity index (χ0v) is 12.5. The van der Waals surface area contributed by atoms with Crippen molar-refractivity contribution < 1.29 is 4.74 Å². The van der Waals surface area contributed by atoms with E-state index in [2.05, 4.69) is 47.3 Å². The average molecular weight is 273 g/mol. The van der Waals surface area contributed by atoms with Crippen molar-refractivity contribution in [3.63, 3.8) is 0 Å². The Morgan fingerprint density at radius 2 is 1.95 bits per heavy atom. The quantitative estimate of drug-likeness (QED) is 0.761. The Morgan fingerprint density at radius 3 is 2.65 bits per heavy atom. The first-order chi connectivity index (χ1) is 9.67. The summed E-state index contributed by atoms with van der Waals surface area (Å²) in [6, 6.07) is 6.62. The monoisotopic (exact) mass is 273 g/mol. The molecule has 0 amide bonds. The minimum Gasteiger partial charge on any atom is -0.383 e. The molecule has 1 heterocycles. The fourth-order valence-corrected chi connectivity index (χ4v) is 2.35. The summed E-state index contributed by atoms with van der Waals surface area (Å²) >= 11 is 0. The van der Waals surface area contributed by atoms with Crippen molar-refractivity contribution in [1.82, 2.24) is 15.3 Å². The molecule has 0 unspecified atom stereocenters. The number of hydrogen-bond acceptors (Lipinski definition) is 3. The molecule has 1 aromatic heterocycles. The van der Waals surface area contributed by atoms with Gasteiger partial charge in [-0.25, -0.2) is 4.98 Å². The molecule has 0 aliphatic rings. The van der Waals surface area contributed by atoms with Crippen LogP contribution in [0.15, 0.2) is 24.4 Å². The Kier molecular flexibility index (Phi) is 5.32. The van der Waals surface area contributed by atoms with Crippen LogP contribution in [0.3, 0.4) is 0 Å². The van der Waals surface area contributed by atoms with Crippen LogP contribution >= 0.6 is 0 Å². The molecule has 0 aliphatic carbocycles. The van der Waals surface area contributed by atoms with E-state index in [9.17, 15) is 0 Å². The Morgan fingerprint density at radius 1 is 1.20 bits per heavy atom. The smallest absolute Gasteiger partial charge is 0.110 e. The molecule has 0 aliphatic heterocycles. The van der Waals surface area contributed by atoms with E-state index in [1.165, 1.54) is 16.7 Å². The van der Waals surface area contributed by atoms with E-state index in [1.807, 2.05) is 6.20 Å². The SMILES string of the molecule is COCCNCc1cnc(Cc2cc(C)cc(C)c2)[nH]1. The molecule has 20 heavy (non-hydrogen) atoms. The van der Waals surface area contributed by atoms with Gasteiger partial charge in [-0.3, -0.25) is 0 Å². The van der Waals surface area contributed by atoms with Gasteiger partial charge in [-0.15, -0.1) is 0 Å². The second-order valence-electron chi connectivity index (χ2n) is 5.20. The van der Waals surface area contributed by atoms with Gasteiger partial charge in [-0.1, -0.05) is 29.3 Å². The minimum absolute atomic E-state index is 0.726. The summed E-state index contributed by atoms with van der Waals surface area (Å²) in [6.07, 6.45) is 2.75. The van der Waals surface area contributed by atoms with Gasteiger partial charge in [0.2, 0.25) is 0 Å². The number of H-pyrrole nitrogens is 1. The zero-order chi connectivity index (χ0) is 14.4. The van der Waals surface area contributed by atoms with Crippen LogP contribution in [-0.2, 0) is 17.7 Å². The number of benzene rings is 1.